The van der Waals surface area contributed by atoms with Crippen molar-refractivity contribution in [3.8, 4) is 0 Å². The zero-order valence-corrected chi connectivity index (χ0v) is 13.7. The average molecular weight is 307 g/mol. The molecule has 0 aliphatic heterocycles. The lowest BCUT2D eigenvalue weighted by Gasteiger charge is -2.23. The van der Waals surface area contributed by atoms with Crippen LogP contribution in [0.25, 0.3) is 11.0 Å². The molecule has 0 aliphatic rings. The number of para-hydroxylation sites is 1. The normalized spacial score (nSPS) is 12.3. The SMILES string of the molecule is CCc1ccc(C(=O)N(C)C(C)c2cc3ccccc3o2)cc1. The van der Waals surface area contributed by atoms with Gasteiger partial charge >= 0.3 is 0 Å². The number of fused-ring (bicyclic) bond motifs is 1. The van der Waals surface area contributed by atoms with Crippen LogP contribution in [0.1, 0.15) is 41.6 Å². The molecular weight excluding hydrogens is 286 g/mol. The van der Waals surface area contributed by atoms with Crippen molar-refractivity contribution < 1.29 is 9.21 Å². The molecule has 3 heteroatoms. The predicted molar refractivity (Wildman–Crippen MR) is 92.5 cm³/mol. The minimum atomic E-state index is -0.124. The Bertz CT molecular complexity index is 784. The number of furan rings is 1. The first kappa shape index (κ1) is 15.3. The molecule has 0 N–H and O–H groups in total. The number of carbonyl (C=O) groups excluding carboxylic acids is 1. The van der Waals surface area contributed by atoms with E-state index >= 15 is 0 Å². The summed E-state index contributed by atoms with van der Waals surface area (Å²) in [6, 6.07) is 17.6. The van der Waals surface area contributed by atoms with E-state index in [4.69, 9.17) is 4.42 Å². The van der Waals surface area contributed by atoms with E-state index in [1.807, 2.05) is 68.6 Å². The van der Waals surface area contributed by atoms with E-state index in [1.165, 1.54) is 5.56 Å². The van der Waals surface area contributed by atoms with E-state index in [0.717, 1.165) is 23.2 Å². The molecule has 0 saturated heterocycles. The summed E-state index contributed by atoms with van der Waals surface area (Å²) in [4.78, 5) is 14.4. The second kappa shape index (κ2) is 6.29. The highest BCUT2D eigenvalue weighted by atomic mass is 16.3. The van der Waals surface area contributed by atoms with Gasteiger partial charge in [-0.3, -0.25) is 4.79 Å². The van der Waals surface area contributed by atoms with Gasteiger partial charge in [-0.1, -0.05) is 37.3 Å². The number of nitrogens with zero attached hydrogens (tertiary/aromatic N) is 1. The fraction of sp³-hybridized carbons (Fsp3) is 0.250. The number of rotatable bonds is 4. The van der Waals surface area contributed by atoms with Crippen LogP contribution in [0.15, 0.2) is 59.0 Å². The molecule has 23 heavy (non-hydrogen) atoms. The van der Waals surface area contributed by atoms with Gasteiger partial charge in [-0.25, -0.2) is 0 Å². The molecule has 1 atom stereocenters. The number of amides is 1. The largest absolute Gasteiger partial charge is 0.459 e. The van der Waals surface area contributed by atoms with E-state index < -0.39 is 0 Å². The highest BCUT2D eigenvalue weighted by Crippen LogP contribution is 2.27. The zero-order chi connectivity index (χ0) is 16.4. The molecule has 0 spiro atoms. The fourth-order valence-electron chi connectivity index (χ4n) is 2.66. The summed E-state index contributed by atoms with van der Waals surface area (Å²) in [6.45, 7) is 4.09. The van der Waals surface area contributed by atoms with Crippen LogP contribution in [0.4, 0.5) is 0 Å². The second-order valence-corrected chi connectivity index (χ2v) is 5.83. The lowest BCUT2D eigenvalue weighted by molar-refractivity contribution is 0.0727. The van der Waals surface area contributed by atoms with Gasteiger partial charge in [0.2, 0.25) is 0 Å². The topological polar surface area (TPSA) is 33.5 Å². The number of carbonyl (C=O) groups is 1. The molecule has 118 valence electrons. The zero-order valence-electron chi connectivity index (χ0n) is 13.7. The molecule has 0 radical (unpaired) electrons. The number of aryl methyl sites for hydroxylation is 1. The highest BCUT2D eigenvalue weighted by molar-refractivity contribution is 5.94. The smallest absolute Gasteiger partial charge is 0.254 e. The lowest BCUT2D eigenvalue weighted by atomic mass is 10.1. The molecule has 1 aromatic heterocycles. The van der Waals surface area contributed by atoms with Gasteiger partial charge in [0.05, 0.1) is 6.04 Å². The third-order valence-electron chi connectivity index (χ3n) is 4.37. The van der Waals surface area contributed by atoms with Crippen LogP contribution in [0.2, 0.25) is 0 Å². The Morgan fingerprint density at radius 3 is 2.48 bits per heavy atom. The van der Waals surface area contributed by atoms with Gasteiger partial charge in [0, 0.05) is 18.0 Å². The maximum Gasteiger partial charge on any atom is 0.254 e. The van der Waals surface area contributed by atoms with E-state index in [-0.39, 0.29) is 11.9 Å². The first-order valence-electron chi connectivity index (χ1n) is 7.94. The number of hydrogen-bond donors (Lipinski definition) is 0. The van der Waals surface area contributed by atoms with Crippen LogP contribution < -0.4 is 0 Å². The summed E-state index contributed by atoms with van der Waals surface area (Å²) in [5, 5.41) is 1.06. The van der Waals surface area contributed by atoms with Crippen LogP contribution in [0.3, 0.4) is 0 Å². The van der Waals surface area contributed by atoms with Crippen LogP contribution in [-0.4, -0.2) is 17.9 Å². The Kier molecular flexibility index (Phi) is 4.20. The van der Waals surface area contributed by atoms with Crippen molar-refractivity contribution in [3.05, 3.63) is 71.5 Å². The van der Waals surface area contributed by atoms with E-state index in [0.29, 0.717) is 5.56 Å². The van der Waals surface area contributed by atoms with Crippen molar-refractivity contribution in [1.29, 1.82) is 0 Å². The summed E-state index contributed by atoms with van der Waals surface area (Å²) >= 11 is 0. The van der Waals surface area contributed by atoms with Gasteiger partial charge in [-0.15, -0.1) is 0 Å². The molecule has 1 unspecified atom stereocenters. The van der Waals surface area contributed by atoms with Crippen molar-refractivity contribution in [1.82, 2.24) is 4.90 Å². The lowest BCUT2D eigenvalue weighted by Crippen LogP contribution is -2.29. The summed E-state index contributed by atoms with van der Waals surface area (Å²) in [7, 11) is 1.81. The maximum atomic E-state index is 12.7. The van der Waals surface area contributed by atoms with Gasteiger partial charge in [0.1, 0.15) is 11.3 Å². The Morgan fingerprint density at radius 1 is 1.13 bits per heavy atom. The van der Waals surface area contributed by atoms with Crippen LogP contribution >= 0.6 is 0 Å². The van der Waals surface area contributed by atoms with E-state index in [1.54, 1.807) is 4.90 Å². The Balaban J connectivity index is 1.82. The molecule has 1 heterocycles. The summed E-state index contributed by atoms with van der Waals surface area (Å²) in [6.07, 6.45) is 0.972. The van der Waals surface area contributed by atoms with Gasteiger partial charge < -0.3 is 9.32 Å². The molecule has 0 saturated carbocycles. The van der Waals surface area contributed by atoms with Gasteiger partial charge in [0.25, 0.3) is 5.91 Å². The molecule has 2 aromatic carbocycles. The fourth-order valence-corrected chi connectivity index (χ4v) is 2.66. The van der Waals surface area contributed by atoms with Crippen LogP contribution in [0.5, 0.6) is 0 Å². The first-order chi connectivity index (χ1) is 11.1. The number of benzene rings is 2. The van der Waals surface area contributed by atoms with E-state index in [9.17, 15) is 4.79 Å². The van der Waals surface area contributed by atoms with Crippen molar-refractivity contribution in [3.63, 3.8) is 0 Å². The minimum Gasteiger partial charge on any atom is -0.459 e. The summed E-state index contributed by atoms with van der Waals surface area (Å²) in [5.41, 5.74) is 2.78. The maximum absolute atomic E-state index is 12.7. The molecule has 0 bridgehead atoms. The molecule has 3 nitrogen and oxygen atoms in total. The summed E-state index contributed by atoms with van der Waals surface area (Å²) in [5.74, 6) is 0.799. The summed E-state index contributed by atoms with van der Waals surface area (Å²) < 4.78 is 5.88. The molecular formula is C20H21NO2. The molecule has 3 rings (SSSR count). The third-order valence-corrected chi connectivity index (χ3v) is 4.37. The third kappa shape index (κ3) is 3.00. The van der Waals surface area contributed by atoms with Gasteiger partial charge in [-0.05, 0) is 43.2 Å². The van der Waals surface area contributed by atoms with Crippen LogP contribution in [0, 0.1) is 0 Å². The van der Waals surface area contributed by atoms with Crippen molar-refractivity contribution in [2.24, 2.45) is 0 Å². The highest BCUT2D eigenvalue weighted by Gasteiger charge is 2.21. The second-order valence-electron chi connectivity index (χ2n) is 5.83. The predicted octanol–water partition coefficient (Wildman–Crippen LogP) is 4.83. The van der Waals surface area contributed by atoms with Crippen molar-refractivity contribution in [2.75, 3.05) is 7.05 Å². The molecule has 0 aliphatic carbocycles. The Hall–Kier alpha value is -2.55. The standard InChI is InChI=1S/C20H21NO2/c1-4-15-9-11-16(12-10-15)20(22)21(3)14(2)19-13-17-7-5-6-8-18(17)23-19/h5-14H,4H2,1-3H3. The quantitative estimate of drug-likeness (QED) is 0.692. The van der Waals surface area contributed by atoms with Crippen molar-refractivity contribution in [2.45, 2.75) is 26.3 Å². The molecule has 3 aromatic rings. The number of hydrogen-bond acceptors (Lipinski definition) is 2. The molecule has 0 fully saturated rings. The van der Waals surface area contributed by atoms with Gasteiger partial charge in [0.15, 0.2) is 0 Å². The molecule has 1 amide bonds. The Labute approximate surface area is 136 Å². The van der Waals surface area contributed by atoms with E-state index in [2.05, 4.69) is 6.92 Å². The van der Waals surface area contributed by atoms with Crippen molar-refractivity contribution >= 4 is 16.9 Å². The Morgan fingerprint density at radius 2 is 1.83 bits per heavy atom. The van der Waals surface area contributed by atoms with Crippen LogP contribution in [-0.2, 0) is 6.42 Å². The monoisotopic (exact) mass is 307 g/mol. The average Bonchev–Trinajstić information content (AvgIpc) is 3.04. The first-order valence-corrected chi connectivity index (χ1v) is 7.94. The minimum absolute atomic E-state index is 0.000564. The van der Waals surface area contributed by atoms with Gasteiger partial charge in [-0.2, -0.15) is 0 Å².